The van der Waals surface area contributed by atoms with Gasteiger partial charge < -0.3 is 14.2 Å². The molecular weight excluding hydrogens is 332 g/mol. The van der Waals surface area contributed by atoms with E-state index in [1.807, 2.05) is 36.4 Å². The molecule has 0 saturated heterocycles. The summed E-state index contributed by atoms with van der Waals surface area (Å²) in [7, 11) is 4.88. The SMILES string of the molecule is [CH2]C(c1ccc(Br)cc1)c1c(OC)cc(OC)cc1OC. The Balaban J connectivity index is 2.52. The molecule has 3 nitrogen and oxygen atoms in total. The highest BCUT2D eigenvalue weighted by atomic mass is 79.9. The Hall–Kier alpha value is -1.68. The van der Waals surface area contributed by atoms with Crippen molar-refractivity contribution in [1.82, 2.24) is 0 Å². The molecule has 0 aromatic heterocycles. The van der Waals surface area contributed by atoms with Crippen LogP contribution in [-0.4, -0.2) is 21.3 Å². The summed E-state index contributed by atoms with van der Waals surface area (Å²) in [5.41, 5.74) is 1.99. The van der Waals surface area contributed by atoms with Gasteiger partial charge in [0.2, 0.25) is 0 Å². The molecule has 0 aliphatic rings. The largest absolute Gasteiger partial charge is 0.496 e. The quantitative estimate of drug-likeness (QED) is 0.798. The van der Waals surface area contributed by atoms with Crippen molar-refractivity contribution in [3.05, 3.63) is 58.9 Å². The molecule has 4 heteroatoms. The second-order valence-electron chi connectivity index (χ2n) is 4.55. The van der Waals surface area contributed by atoms with Gasteiger partial charge in [0.1, 0.15) is 17.2 Å². The van der Waals surface area contributed by atoms with E-state index in [0.717, 1.165) is 15.6 Å². The van der Waals surface area contributed by atoms with Gasteiger partial charge in [-0.15, -0.1) is 0 Å². The molecular formula is C17H18BrO3. The van der Waals surface area contributed by atoms with Gasteiger partial charge in [-0.25, -0.2) is 0 Å². The van der Waals surface area contributed by atoms with Crippen molar-refractivity contribution >= 4 is 15.9 Å². The molecule has 0 aliphatic heterocycles. The number of hydrogen-bond acceptors (Lipinski definition) is 3. The molecule has 0 amide bonds. The van der Waals surface area contributed by atoms with Gasteiger partial charge in [-0.05, 0) is 24.6 Å². The van der Waals surface area contributed by atoms with E-state index in [1.54, 1.807) is 21.3 Å². The summed E-state index contributed by atoms with van der Waals surface area (Å²) in [6, 6.07) is 11.7. The number of methoxy groups -OCH3 is 3. The average molecular weight is 350 g/mol. The minimum absolute atomic E-state index is 0.103. The van der Waals surface area contributed by atoms with E-state index in [2.05, 4.69) is 22.9 Å². The average Bonchev–Trinajstić information content (AvgIpc) is 2.53. The predicted octanol–water partition coefficient (Wildman–Crippen LogP) is 4.44. The van der Waals surface area contributed by atoms with E-state index in [4.69, 9.17) is 14.2 Å². The molecule has 0 fully saturated rings. The molecule has 1 radical (unpaired) electrons. The molecule has 2 aromatic carbocycles. The summed E-state index contributed by atoms with van der Waals surface area (Å²) in [5.74, 6) is 1.99. The summed E-state index contributed by atoms with van der Waals surface area (Å²) < 4.78 is 17.3. The summed E-state index contributed by atoms with van der Waals surface area (Å²) in [6.07, 6.45) is 0. The highest BCUT2D eigenvalue weighted by Gasteiger charge is 2.20. The second kappa shape index (κ2) is 6.85. The van der Waals surface area contributed by atoms with Crippen LogP contribution in [0.2, 0.25) is 0 Å². The lowest BCUT2D eigenvalue weighted by atomic mass is 9.91. The van der Waals surface area contributed by atoms with Crippen LogP contribution in [-0.2, 0) is 0 Å². The van der Waals surface area contributed by atoms with Gasteiger partial charge in [-0.1, -0.05) is 28.1 Å². The van der Waals surface area contributed by atoms with Crippen molar-refractivity contribution < 1.29 is 14.2 Å². The lowest BCUT2D eigenvalue weighted by Gasteiger charge is -2.20. The molecule has 0 spiro atoms. The van der Waals surface area contributed by atoms with E-state index in [-0.39, 0.29) is 5.92 Å². The maximum atomic E-state index is 5.49. The molecule has 2 aromatic rings. The first-order chi connectivity index (χ1) is 10.1. The van der Waals surface area contributed by atoms with Crippen molar-refractivity contribution in [2.75, 3.05) is 21.3 Å². The first kappa shape index (κ1) is 15.7. The van der Waals surface area contributed by atoms with E-state index >= 15 is 0 Å². The smallest absolute Gasteiger partial charge is 0.130 e. The molecule has 0 aliphatic carbocycles. The number of halogens is 1. The van der Waals surface area contributed by atoms with Gasteiger partial charge in [0.25, 0.3) is 0 Å². The maximum Gasteiger partial charge on any atom is 0.130 e. The zero-order valence-corrected chi connectivity index (χ0v) is 13.9. The molecule has 1 atom stereocenters. The summed E-state index contributed by atoms with van der Waals surface area (Å²) in [4.78, 5) is 0. The fourth-order valence-electron chi connectivity index (χ4n) is 2.24. The molecule has 0 heterocycles. The number of ether oxygens (including phenoxy) is 3. The van der Waals surface area contributed by atoms with Crippen LogP contribution in [0.5, 0.6) is 17.2 Å². The second-order valence-corrected chi connectivity index (χ2v) is 5.47. The third-order valence-corrected chi connectivity index (χ3v) is 3.90. The Kier molecular flexibility index (Phi) is 5.12. The standard InChI is InChI=1S/C17H18BrO3/c1-11(12-5-7-13(18)8-6-12)17-15(20-3)9-14(19-2)10-16(17)21-4/h5-11H,1H2,2-4H3. The summed E-state index contributed by atoms with van der Waals surface area (Å²) >= 11 is 3.44. The van der Waals surface area contributed by atoms with Crippen LogP contribution in [0, 0.1) is 6.92 Å². The normalized spacial score (nSPS) is 11.9. The van der Waals surface area contributed by atoms with Crippen LogP contribution >= 0.6 is 15.9 Å². The fraction of sp³-hybridized carbons (Fsp3) is 0.235. The van der Waals surface area contributed by atoms with Gasteiger partial charge in [0, 0.05) is 28.1 Å². The molecule has 2 rings (SSSR count). The molecule has 21 heavy (non-hydrogen) atoms. The van der Waals surface area contributed by atoms with Crippen LogP contribution in [0.25, 0.3) is 0 Å². The van der Waals surface area contributed by atoms with Crippen molar-refractivity contribution in [1.29, 1.82) is 0 Å². The third-order valence-electron chi connectivity index (χ3n) is 3.37. The van der Waals surface area contributed by atoms with E-state index in [9.17, 15) is 0 Å². The zero-order valence-electron chi connectivity index (χ0n) is 12.4. The van der Waals surface area contributed by atoms with Crippen LogP contribution in [0.1, 0.15) is 17.0 Å². The highest BCUT2D eigenvalue weighted by Crippen LogP contribution is 2.41. The van der Waals surface area contributed by atoms with Crippen molar-refractivity contribution in [3.8, 4) is 17.2 Å². The van der Waals surface area contributed by atoms with Crippen LogP contribution in [0.4, 0.5) is 0 Å². The van der Waals surface area contributed by atoms with Crippen molar-refractivity contribution in [2.45, 2.75) is 5.92 Å². The monoisotopic (exact) mass is 349 g/mol. The van der Waals surface area contributed by atoms with Gasteiger partial charge in [-0.3, -0.25) is 0 Å². The van der Waals surface area contributed by atoms with Gasteiger partial charge in [0.05, 0.1) is 21.3 Å². The fourth-order valence-corrected chi connectivity index (χ4v) is 2.50. The van der Waals surface area contributed by atoms with Crippen LogP contribution in [0.3, 0.4) is 0 Å². The Morgan fingerprint density at radius 3 is 1.86 bits per heavy atom. The molecule has 1 unspecified atom stereocenters. The third kappa shape index (κ3) is 3.32. The molecule has 0 N–H and O–H groups in total. The number of benzene rings is 2. The molecule has 0 bridgehead atoms. The molecule has 111 valence electrons. The zero-order chi connectivity index (χ0) is 15.4. The lowest BCUT2D eigenvalue weighted by Crippen LogP contribution is -2.03. The minimum atomic E-state index is -0.103. The Morgan fingerprint density at radius 1 is 0.905 bits per heavy atom. The maximum absolute atomic E-state index is 5.49. The van der Waals surface area contributed by atoms with E-state index in [1.165, 1.54) is 0 Å². The first-order valence-electron chi connectivity index (χ1n) is 6.49. The summed E-state index contributed by atoms with van der Waals surface area (Å²) in [6.45, 7) is 4.26. The Bertz CT molecular complexity index is 583. The Labute approximate surface area is 134 Å². The van der Waals surface area contributed by atoms with Gasteiger partial charge in [0.15, 0.2) is 0 Å². The summed E-state index contributed by atoms with van der Waals surface area (Å²) in [5, 5.41) is 0. The number of hydrogen-bond donors (Lipinski definition) is 0. The van der Waals surface area contributed by atoms with Gasteiger partial charge >= 0.3 is 0 Å². The highest BCUT2D eigenvalue weighted by molar-refractivity contribution is 9.10. The molecule has 0 saturated carbocycles. The minimum Gasteiger partial charge on any atom is -0.496 e. The van der Waals surface area contributed by atoms with Crippen LogP contribution in [0.15, 0.2) is 40.9 Å². The van der Waals surface area contributed by atoms with Crippen molar-refractivity contribution in [2.24, 2.45) is 0 Å². The Morgan fingerprint density at radius 2 is 1.43 bits per heavy atom. The van der Waals surface area contributed by atoms with Crippen LogP contribution < -0.4 is 14.2 Å². The number of rotatable bonds is 5. The first-order valence-corrected chi connectivity index (χ1v) is 7.28. The van der Waals surface area contributed by atoms with Gasteiger partial charge in [-0.2, -0.15) is 0 Å². The lowest BCUT2D eigenvalue weighted by molar-refractivity contribution is 0.368. The van der Waals surface area contributed by atoms with Crippen molar-refractivity contribution in [3.63, 3.8) is 0 Å². The van der Waals surface area contributed by atoms with E-state index < -0.39 is 0 Å². The topological polar surface area (TPSA) is 27.7 Å². The van der Waals surface area contributed by atoms with E-state index in [0.29, 0.717) is 17.2 Å². The predicted molar refractivity (Wildman–Crippen MR) is 87.4 cm³/mol.